The van der Waals surface area contributed by atoms with Crippen molar-refractivity contribution in [1.29, 1.82) is 0 Å². The van der Waals surface area contributed by atoms with Crippen LogP contribution in [0.2, 0.25) is 0 Å². The first-order chi connectivity index (χ1) is 23.0. The molecule has 0 unspecified atom stereocenters. The Bertz CT molecular complexity index is 1850. The zero-order valence-electron chi connectivity index (χ0n) is 26.3. The number of nitrogens with one attached hydrogen (secondary N) is 2. The van der Waals surface area contributed by atoms with Crippen LogP contribution >= 0.6 is 0 Å². The second kappa shape index (κ2) is 15.2. The van der Waals surface area contributed by atoms with Gasteiger partial charge in [0, 0.05) is 38.7 Å². The van der Waals surface area contributed by atoms with Crippen LogP contribution in [0.4, 0.5) is 5.69 Å². The summed E-state index contributed by atoms with van der Waals surface area (Å²) >= 11 is 0. The molecule has 1 aliphatic heterocycles. The minimum Gasteiger partial charge on any atom is -0.390 e. The summed E-state index contributed by atoms with van der Waals surface area (Å²) in [5.74, 6) is -1.76. The standard InChI is InChI=1S/C36H36N4O7S/c1-25(41)37-28-16-18-29(19-17-28)48(46,47)39(23-27-12-6-3-7-13-27)24-33(42)32(22-26-10-4-2-5-11-26)38-34(43)20-21-40-35(44)30-14-8-9-15-31(30)36(40)45/h2-19,32-33,42H,20-24H2,1H3,(H,37,41)(H,38,43)/t32-,33+/m0/s1. The number of imide groups is 1. The van der Waals surface area contributed by atoms with Gasteiger partial charge < -0.3 is 15.7 Å². The molecule has 0 radical (unpaired) electrons. The second-order valence-corrected chi connectivity index (χ2v) is 13.4. The Labute approximate surface area is 279 Å². The molecule has 0 spiro atoms. The molecule has 4 amide bonds. The molecule has 1 heterocycles. The number of amides is 4. The largest absolute Gasteiger partial charge is 0.390 e. The fourth-order valence-electron chi connectivity index (χ4n) is 5.52. The van der Waals surface area contributed by atoms with Crippen molar-refractivity contribution in [2.45, 2.75) is 43.4 Å². The summed E-state index contributed by atoms with van der Waals surface area (Å²) < 4.78 is 29.1. The summed E-state index contributed by atoms with van der Waals surface area (Å²) in [4.78, 5) is 51.3. The molecule has 1 aliphatic rings. The zero-order valence-corrected chi connectivity index (χ0v) is 27.1. The van der Waals surface area contributed by atoms with Crippen LogP contribution in [-0.4, -0.2) is 71.6 Å². The van der Waals surface area contributed by atoms with E-state index in [9.17, 15) is 32.7 Å². The summed E-state index contributed by atoms with van der Waals surface area (Å²) in [7, 11) is -4.17. The number of hydrogen-bond donors (Lipinski definition) is 3. The number of hydrogen-bond acceptors (Lipinski definition) is 7. The Morgan fingerprint density at radius 1 is 0.792 bits per heavy atom. The predicted molar refractivity (Wildman–Crippen MR) is 179 cm³/mol. The fourth-order valence-corrected chi connectivity index (χ4v) is 6.97. The minimum atomic E-state index is -4.17. The first-order valence-electron chi connectivity index (χ1n) is 15.4. The number of sulfonamides is 1. The van der Waals surface area contributed by atoms with Crippen molar-refractivity contribution < 1.29 is 32.7 Å². The average molecular weight is 669 g/mol. The Morgan fingerprint density at radius 3 is 1.90 bits per heavy atom. The van der Waals surface area contributed by atoms with Crippen LogP contribution in [0.3, 0.4) is 0 Å². The van der Waals surface area contributed by atoms with Gasteiger partial charge in [-0.1, -0.05) is 72.8 Å². The molecule has 12 heteroatoms. The van der Waals surface area contributed by atoms with E-state index in [-0.39, 0.29) is 54.4 Å². The maximum Gasteiger partial charge on any atom is 0.261 e. The number of carbonyl (C=O) groups is 4. The van der Waals surface area contributed by atoms with Gasteiger partial charge in [-0.2, -0.15) is 4.31 Å². The van der Waals surface area contributed by atoms with Crippen molar-refractivity contribution in [3.63, 3.8) is 0 Å². The number of rotatable bonds is 14. The van der Waals surface area contributed by atoms with E-state index in [1.807, 2.05) is 36.4 Å². The lowest BCUT2D eigenvalue weighted by Gasteiger charge is -2.30. The van der Waals surface area contributed by atoms with E-state index in [4.69, 9.17) is 0 Å². The van der Waals surface area contributed by atoms with Gasteiger partial charge in [0.15, 0.2) is 0 Å². The maximum atomic E-state index is 14.0. The summed E-state index contributed by atoms with van der Waals surface area (Å²) in [6, 6.07) is 29.3. The first-order valence-corrected chi connectivity index (χ1v) is 16.8. The van der Waals surface area contributed by atoms with Crippen LogP contribution in [0.15, 0.2) is 114 Å². The van der Waals surface area contributed by atoms with Gasteiger partial charge in [0.25, 0.3) is 11.8 Å². The Balaban J connectivity index is 1.35. The third-order valence-corrected chi connectivity index (χ3v) is 9.78. The molecule has 48 heavy (non-hydrogen) atoms. The van der Waals surface area contributed by atoms with E-state index < -0.39 is 39.9 Å². The molecule has 2 atom stereocenters. The minimum absolute atomic E-state index is 0.0377. The van der Waals surface area contributed by atoms with Crippen LogP contribution in [0.5, 0.6) is 0 Å². The Hall–Kier alpha value is -5.17. The topological polar surface area (TPSA) is 153 Å². The lowest BCUT2D eigenvalue weighted by atomic mass is 10.0. The number of benzene rings is 4. The van der Waals surface area contributed by atoms with Crippen LogP contribution in [-0.2, 0) is 32.6 Å². The molecule has 4 aromatic rings. The van der Waals surface area contributed by atoms with E-state index in [1.54, 1.807) is 48.5 Å². The van der Waals surface area contributed by atoms with Gasteiger partial charge in [0.2, 0.25) is 21.8 Å². The van der Waals surface area contributed by atoms with E-state index in [0.717, 1.165) is 14.8 Å². The van der Waals surface area contributed by atoms with E-state index in [1.165, 1.54) is 31.2 Å². The summed E-state index contributed by atoms with van der Waals surface area (Å²) in [5.41, 5.74) is 2.48. The Morgan fingerprint density at radius 2 is 1.33 bits per heavy atom. The summed E-state index contributed by atoms with van der Waals surface area (Å²) in [6.07, 6.45) is -1.38. The van der Waals surface area contributed by atoms with Crippen molar-refractivity contribution >= 4 is 39.3 Å². The Kier molecular flexibility index (Phi) is 10.8. The molecule has 0 aromatic heterocycles. The molecule has 11 nitrogen and oxygen atoms in total. The molecular formula is C36H36N4O7S. The molecular weight excluding hydrogens is 632 g/mol. The number of fused-ring (bicyclic) bond motifs is 1. The highest BCUT2D eigenvalue weighted by Crippen LogP contribution is 2.24. The van der Waals surface area contributed by atoms with E-state index in [0.29, 0.717) is 11.3 Å². The van der Waals surface area contributed by atoms with Crippen molar-refractivity contribution in [3.8, 4) is 0 Å². The average Bonchev–Trinajstić information content (AvgIpc) is 3.32. The normalized spacial score (nSPS) is 14.0. The quantitative estimate of drug-likeness (QED) is 0.174. The zero-order chi connectivity index (χ0) is 34.3. The van der Waals surface area contributed by atoms with Gasteiger partial charge in [0.1, 0.15) is 0 Å². The monoisotopic (exact) mass is 668 g/mol. The molecule has 0 saturated carbocycles. The lowest BCUT2D eigenvalue weighted by molar-refractivity contribution is -0.122. The molecule has 0 bridgehead atoms. The highest BCUT2D eigenvalue weighted by Gasteiger charge is 2.36. The summed E-state index contributed by atoms with van der Waals surface area (Å²) in [6.45, 7) is 0.776. The molecule has 0 fully saturated rings. The van der Waals surface area contributed by atoms with Crippen molar-refractivity contribution in [2.24, 2.45) is 0 Å². The van der Waals surface area contributed by atoms with Crippen LogP contribution < -0.4 is 10.6 Å². The van der Waals surface area contributed by atoms with Crippen LogP contribution in [0.25, 0.3) is 0 Å². The lowest BCUT2D eigenvalue weighted by Crippen LogP contribution is -2.50. The molecule has 248 valence electrons. The smallest absolute Gasteiger partial charge is 0.261 e. The van der Waals surface area contributed by atoms with Gasteiger partial charge >= 0.3 is 0 Å². The maximum absolute atomic E-state index is 14.0. The number of aliphatic hydroxyl groups is 1. The predicted octanol–water partition coefficient (Wildman–Crippen LogP) is 3.61. The third kappa shape index (κ3) is 8.21. The molecule has 5 rings (SSSR count). The van der Waals surface area contributed by atoms with Crippen molar-refractivity contribution in [3.05, 3.63) is 131 Å². The van der Waals surface area contributed by atoms with Gasteiger partial charge in [-0.15, -0.1) is 0 Å². The van der Waals surface area contributed by atoms with Gasteiger partial charge in [-0.25, -0.2) is 8.42 Å². The third-order valence-electron chi connectivity index (χ3n) is 7.95. The molecule has 0 saturated heterocycles. The molecule has 4 aromatic carbocycles. The number of nitrogens with zero attached hydrogens (tertiary/aromatic N) is 2. The second-order valence-electron chi connectivity index (χ2n) is 11.5. The van der Waals surface area contributed by atoms with Gasteiger partial charge in [-0.3, -0.25) is 24.1 Å². The number of anilines is 1. The van der Waals surface area contributed by atoms with E-state index >= 15 is 0 Å². The van der Waals surface area contributed by atoms with Crippen LogP contribution in [0, 0.1) is 0 Å². The first kappa shape index (κ1) is 34.2. The number of carbonyl (C=O) groups excluding carboxylic acids is 4. The highest BCUT2D eigenvalue weighted by molar-refractivity contribution is 7.89. The van der Waals surface area contributed by atoms with Gasteiger partial charge in [-0.05, 0) is 53.9 Å². The SMILES string of the molecule is CC(=O)Nc1ccc(S(=O)(=O)N(Cc2ccccc2)C[C@@H](O)[C@H](Cc2ccccc2)NC(=O)CCN2C(=O)c3ccccc3C2=O)cc1. The number of aliphatic hydroxyl groups excluding tert-OH is 1. The molecule has 3 N–H and O–H groups in total. The fraction of sp³-hybridized carbons (Fsp3) is 0.222. The van der Waals surface area contributed by atoms with Crippen LogP contribution in [0.1, 0.15) is 45.2 Å². The highest BCUT2D eigenvalue weighted by atomic mass is 32.2. The van der Waals surface area contributed by atoms with Gasteiger partial charge in [0.05, 0.1) is 28.2 Å². The van der Waals surface area contributed by atoms with Crippen molar-refractivity contribution in [2.75, 3.05) is 18.4 Å². The van der Waals surface area contributed by atoms with Crippen molar-refractivity contribution in [1.82, 2.24) is 14.5 Å². The molecule has 0 aliphatic carbocycles. The summed E-state index contributed by atoms with van der Waals surface area (Å²) in [5, 5.41) is 17.1. The van der Waals surface area contributed by atoms with E-state index in [2.05, 4.69) is 10.6 Å².